The van der Waals surface area contributed by atoms with E-state index in [0.717, 1.165) is 9.35 Å². The Morgan fingerprint density at radius 3 is 2.79 bits per heavy atom. The fourth-order valence-corrected chi connectivity index (χ4v) is 2.69. The summed E-state index contributed by atoms with van der Waals surface area (Å²) >= 11 is 5.03. The first-order chi connectivity index (χ1) is 9.16. The summed E-state index contributed by atoms with van der Waals surface area (Å²) < 4.78 is 6.35. The normalized spacial score (nSPS) is 10.2. The number of benzene rings is 1. The van der Waals surface area contributed by atoms with E-state index in [-0.39, 0.29) is 12.5 Å². The molecule has 100 valence electrons. The van der Waals surface area contributed by atoms with Crippen LogP contribution in [0.4, 0.5) is 0 Å². The molecule has 3 nitrogen and oxygen atoms in total. The van der Waals surface area contributed by atoms with Crippen molar-refractivity contribution in [2.75, 3.05) is 13.7 Å². The van der Waals surface area contributed by atoms with E-state index in [4.69, 9.17) is 4.74 Å². The molecule has 0 aliphatic heterocycles. The third-order valence-electron chi connectivity index (χ3n) is 2.59. The first-order valence-corrected chi connectivity index (χ1v) is 7.48. The van der Waals surface area contributed by atoms with E-state index < -0.39 is 0 Å². The Hall–Kier alpha value is -1.33. The van der Waals surface area contributed by atoms with Crippen molar-refractivity contribution in [3.05, 3.63) is 51.1 Å². The van der Waals surface area contributed by atoms with Crippen molar-refractivity contribution in [3.63, 3.8) is 0 Å². The van der Waals surface area contributed by atoms with Crippen LogP contribution in [-0.2, 0) is 11.3 Å². The molecule has 5 heteroatoms. The molecule has 0 bridgehead atoms. The van der Waals surface area contributed by atoms with E-state index in [1.54, 1.807) is 23.3 Å². The highest BCUT2D eigenvalue weighted by Gasteiger charge is 2.11. The summed E-state index contributed by atoms with van der Waals surface area (Å²) in [5, 5.41) is 2.01. The second-order valence-electron chi connectivity index (χ2n) is 4.05. The fourth-order valence-electron chi connectivity index (χ4n) is 1.54. The van der Waals surface area contributed by atoms with Crippen molar-refractivity contribution >= 4 is 33.2 Å². The van der Waals surface area contributed by atoms with Crippen LogP contribution in [0.15, 0.2) is 46.3 Å². The highest BCUT2D eigenvalue weighted by molar-refractivity contribution is 9.10. The molecule has 0 N–H and O–H groups in total. The van der Waals surface area contributed by atoms with Crippen molar-refractivity contribution in [1.29, 1.82) is 0 Å². The fraction of sp³-hybridized carbons (Fsp3) is 0.214. The molecule has 1 aromatic heterocycles. The molecule has 2 aromatic rings. The van der Waals surface area contributed by atoms with E-state index in [9.17, 15) is 4.79 Å². The monoisotopic (exact) mass is 339 g/mol. The average molecular weight is 340 g/mol. The Labute approximate surface area is 124 Å². The average Bonchev–Trinajstić information content (AvgIpc) is 2.90. The van der Waals surface area contributed by atoms with Gasteiger partial charge in [-0.2, -0.15) is 0 Å². The molecule has 0 radical (unpaired) electrons. The number of rotatable bonds is 5. The molecule has 0 atom stereocenters. The summed E-state index contributed by atoms with van der Waals surface area (Å²) in [6.45, 7) is 0.667. The standard InChI is InChI=1S/C14H14BrNO2S/c1-16(9-11-5-4-8-19-11)14(17)10-18-13-7-3-2-6-12(13)15/h2-8H,9-10H2,1H3. The topological polar surface area (TPSA) is 29.5 Å². The van der Waals surface area contributed by atoms with Gasteiger partial charge in [-0.25, -0.2) is 0 Å². The number of ether oxygens (including phenoxy) is 1. The van der Waals surface area contributed by atoms with Gasteiger partial charge in [0, 0.05) is 11.9 Å². The zero-order valence-corrected chi connectivity index (χ0v) is 12.9. The summed E-state index contributed by atoms with van der Waals surface area (Å²) in [5.74, 6) is 0.643. The van der Waals surface area contributed by atoms with Crippen LogP contribution in [0, 0.1) is 0 Å². The summed E-state index contributed by atoms with van der Waals surface area (Å²) in [6.07, 6.45) is 0. The first-order valence-electron chi connectivity index (χ1n) is 5.80. The van der Waals surface area contributed by atoms with Gasteiger partial charge in [-0.05, 0) is 39.5 Å². The maximum atomic E-state index is 11.9. The molecule has 0 unspecified atom stereocenters. The van der Waals surface area contributed by atoms with Gasteiger partial charge in [0.15, 0.2) is 6.61 Å². The molecule has 0 saturated heterocycles. The molecule has 2 rings (SSSR count). The summed E-state index contributed by atoms with van der Waals surface area (Å²) in [4.78, 5) is 14.8. The zero-order valence-electron chi connectivity index (χ0n) is 10.5. The maximum Gasteiger partial charge on any atom is 0.260 e. The molecule has 0 fully saturated rings. The lowest BCUT2D eigenvalue weighted by atomic mass is 10.3. The van der Waals surface area contributed by atoms with Gasteiger partial charge in [0.05, 0.1) is 11.0 Å². The number of halogens is 1. The van der Waals surface area contributed by atoms with Gasteiger partial charge in [0.2, 0.25) is 0 Å². The van der Waals surface area contributed by atoms with Crippen molar-refractivity contribution < 1.29 is 9.53 Å². The molecule has 0 saturated carbocycles. The van der Waals surface area contributed by atoms with Crippen LogP contribution < -0.4 is 4.74 Å². The number of hydrogen-bond acceptors (Lipinski definition) is 3. The molecule has 0 aliphatic carbocycles. The maximum absolute atomic E-state index is 11.9. The second kappa shape index (κ2) is 6.73. The van der Waals surface area contributed by atoms with Crippen LogP contribution in [0.5, 0.6) is 5.75 Å². The second-order valence-corrected chi connectivity index (χ2v) is 5.93. The van der Waals surface area contributed by atoms with E-state index in [2.05, 4.69) is 15.9 Å². The number of carbonyl (C=O) groups is 1. The highest BCUT2D eigenvalue weighted by atomic mass is 79.9. The zero-order chi connectivity index (χ0) is 13.7. The SMILES string of the molecule is CN(Cc1cccs1)C(=O)COc1ccccc1Br. The van der Waals surface area contributed by atoms with E-state index >= 15 is 0 Å². The van der Waals surface area contributed by atoms with Crippen LogP contribution in [-0.4, -0.2) is 24.5 Å². The molecular formula is C14H14BrNO2S. The molecule has 0 spiro atoms. The van der Waals surface area contributed by atoms with E-state index in [1.165, 1.54) is 0 Å². The predicted molar refractivity (Wildman–Crippen MR) is 80.4 cm³/mol. The minimum absolute atomic E-state index is 0.0378. The summed E-state index contributed by atoms with van der Waals surface area (Å²) in [6, 6.07) is 11.5. The first kappa shape index (κ1) is 14.1. The number of carbonyl (C=O) groups excluding carboxylic acids is 1. The number of hydrogen-bond donors (Lipinski definition) is 0. The number of nitrogens with zero attached hydrogens (tertiary/aromatic N) is 1. The minimum atomic E-state index is -0.0378. The lowest BCUT2D eigenvalue weighted by Crippen LogP contribution is -2.30. The van der Waals surface area contributed by atoms with Crippen molar-refractivity contribution in [3.8, 4) is 5.75 Å². The third-order valence-corrected chi connectivity index (χ3v) is 4.10. The minimum Gasteiger partial charge on any atom is -0.483 e. The number of likely N-dealkylation sites (N-methyl/N-ethyl adjacent to an activating group) is 1. The molecule has 1 aromatic carbocycles. The van der Waals surface area contributed by atoms with Crippen LogP contribution in [0.1, 0.15) is 4.88 Å². The Kier molecular flexibility index (Phi) is 4.99. The van der Waals surface area contributed by atoms with Crippen LogP contribution in [0.2, 0.25) is 0 Å². The van der Waals surface area contributed by atoms with Gasteiger partial charge < -0.3 is 9.64 Å². The lowest BCUT2D eigenvalue weighted by molar-refractivity contribution is -0.132. The van der Waals surface area contributed by atoms with Gasteiger partial charge in [-0.1, -0.05) is 18.2 Å². The smallest absolute Gasteiger partial charge is 0.260 e. The summed E-state index contributed by atoms with van der Waals surface area (Å²) in [7, 11) is 1.78. The number of para-hydroxylation sites is 1. The molecule has 1 heterocycles. The Balaban J connectivity index is 1.86. The Morgan fingerprint density at radius 2 is 2.11 bits per heavy atom. The molecular weight excluding hydrogens is 326 g/mol. The lowest BCUT2D eigenvalue weighted by Gasteiger charge is -2.16. The van der Waals surface area contributed by atoms with Gasteiger partial charge >= 0.3 is 0 Å². The predicted octanol–water partition coefficient (Wildman–Crippen LogP) is 3.55. The van der Waals surface area contributed by atoms with Crippen molar-refractivity contribution in [2.24, 2.45) is 0 Å². The van der Waals surface area contributed by atoms with Crippen LogP contribution >= 0.6 is 27.3 Å². The quantitative estimate of drug-likeness (QED) is 0.833. The molecule has 1 amide bonds. The van der Waals surface area contributed by atoms with E-state index in [1.807, 2.05) is 41.8 Å². The molecule has 19 heavy (non-hydrogen) atoms. The van der Waals surface area contributed by atoms with Crippen LogP contribution in [0.25, 0.3) is 0 Å². The third kappa shape index (κ3) is 4.08. The number of amides is 1. The van der Waals surface area contributed by atoms with Gasteiger partial charge in [-0.3, -0.25) is 4.79 Å². The summed E-state index contributed by atoms with van der Waals surface area (Å²) in [5.41, 5.74) is 0. The Bertz CT molecular complexity index is 542. The molecule has 0 aliphatic rings. The van der Waals surface area contributed by atoms with Crippen LogP contribution in [0.3, 0.4) is 0 Å². The van der Waals surface area contributed by atoms with Gasteiger partial charge in [0.1, 0.15) is 5.75 Å². The Morgan fingerprint density at radius 1 is 1.32 bits per heavy atom. The number of thiophene rings is 1. The van der Waals surface area contributed by atoms with E-state index in [0.29, 0.717) is 12.3 Å². The highest BCUT2D eigenvalue weighted by Crippen LogP contribution is 2.23. The van der Waals surface area contributed by atoms with Gasteiger partial charge in [0.25, 0.3) is 5.91 Å². The van der Waals surface area contributed by atoms with Gasteiger partial charge in [-0.15, -0.1) is 11.3 Å². The largest absolute Gasteiger partial charge is 0.483 e. The van der Waals surface area contributed by atoms with Crippen molar-refractivity contribution in [1.82, 2.24) is 4.90 Å². The van der Waals surface area contributed by atoms with Crippen molar-refractivity contribution in [2.45, 2.75) is 6.54 Å².